The maximum absolute atomic E-state index is 11.1. The molecule has 0 aliphatic carbocycles. The van der Waals surface area contributed by atoms with E-state index in [2.05, 4.69) is 5.32 Å². The average Bonchev–Trinajstić information content (AvgIpc) is 2.46. The van der Waals surface area contributed by atoms with Crippen molar-refractivity contribution < 1.29 is 14.8 Å². The van der Waals surface area contributed by atoms with Crippen molar-refractivity contribution in [2.24, 2.45) is 0 Å². The van der Waals surface area contributed by atoms with Crippen LogP contribution in [0.15, 0.2) is 42.5 Å². The largest absolute Gasteiger partial charge is 0.477 e. The van der Waals surface area contributed by atoms with Gasteiger partial charge < -0.3 is 10.4 Å². The SMILES string of the molecule is Cc1ccccc1CNc1ccc([N+](=O)[O-])c(C(=O)O)c1. The highest BCUT2D eigenvalue weighted by atomic mass is 16.6. The molecule has 0 bridgehead atoms. The van der Waals surface area contributed by atoms with Gasteiger partial charge in [-0.3, -0.25) is 10.1 Å². The quantitative estimate of drug-likeness (QED) is 0.650. The van der Waals surface area contributed by atoms with Crippen molar-refractivity contribution in [2.45, 2.75) is 13.5 Å². The summed E-state index contributed by atoms with van der Waals surface area (Å²) in [5, 5.41) is 22.9. The van der Waals surface area contributed by atoms with Crippen LogP contribution in [-0.2, 0) is 6.54 Å². The molecule has 0 aliphatic heterocycles. The highest BCUT2D eigenvalue weighted by molar-refractivity contribution is 5.93. The first kappa shape index (κ1) is 14.5. The molecule has 2 rings (SSSR count). The summed E-state index contributed by atoms with van der Waals surface area (Å²) in [5.74, 6) is -1.32. The van der Waals surface area contributed by atoms with Gasteiger partial charge in [-0.25, -0.2) is 4.79 Å². The van der Waals surface area contributed by atoms with Crippen molar-refractivity contribution in [1.82, 2.24) is 0 Å². The van der Waals surface area contributed by atoms with Crippen LogP contribution >= 0.6 is 0 Å². The zero-order valence-electron chi connectivity index (χ0n) is 11.4. The molecule has 0 radical (unpaired) electrons. The van der Waals surface area contributed by atoms with Crippen molar-refractivity contribution in [2.75, 3.05) is 5.32 Å². The second kappa shape index (κ2) is 6.04. The zero-order valence-corrected chi connectivity index (χ0v) is 11.4. The molecule has 0 unspecified atom stereocenters. The van der Waals surface area contributed by atoms with Gasteiger partial charge in [-0.1, -0.05) is 24.3 Å². The van der Waals surface area contributed by atoms with Crippen LogP contribution in [0.1, 0.15) is 21.5 Å². The van der Waals surface area contributed by atoms with Crippen LogP contribution in [0.3, 0.4) is 0 Å². The predicted octanol–water partition coefficient (Wildman–Crippen LogP) is 3.21. The number of aromatic carboxylic acids is 1. The van der Waals surface area contributed by atoms with E-state index in [9.17, 15) is 14.9 Å². The highest BCUT2D eigenvalue weighted by Gasteiger charge is 2.19. The topological polar surface area (TPSA) is 92.5 Å². The van der Waals surface area contributed by atoms with Crippen LogP contribution in [0.25, 0.3) is 0 Å². The van der Waals surface area contributed by atoms with Gasteiger partial charge in [0, 0.05) is 18.3 Å². The Morgan fingerprint density at radius 1 is 1.29 bits per heavy atom. The van der Waals surface area contributed by atoms with E-state index in [1.807, 2.05) is 31.2 Å². The van der Waals surface area contributed by atoms with Crippen LogP contribution in [0.5, 0.6) is 0 Å². The number of nitrogens with one attached hydrogen (secondary N) is 1. The molecular formula is C15H14N2O4. The lowest BCUT2D eigenvalue weighted by atomic mass is 10.1. The first-order chi connectivity index (χ1) is 9.99. The molecule has 0 aromatic heterocycles. The fourth-order valence-electron chi connectivity index (χ4n) is 1.98. The third kappa shape index (κ3) is 3.36. The third-order valence-electron chi connectivity index (χ3n) is 3.17. The van der Waals surface area contributed by atoms with Crippen LogP contribution in [-0.4, -0.2) is 16.0 Å². The molecule has 6 nitrogen and oxygen atoms in total. The van der Waals surface area contributed by atoms with Gasteiger partial charge in [-0.2, -0.15) is 0 Å². The Bertz CT molecular complexity index is 698. The van der Waals surface area contributed by atoms with E-state index in [1.165, 1.54) is 18.2 Å². The van der Waals surface area contributed by atoms with E-state index in [0.29, 0.717) is 12.2 Å². The number of benzene rings is 2. The van der Waals surface area contributed by atoms with Crippen molar-refractivity contribution in [3.63, 3.8) is 0 Å². The van der Waals surface area contributed by atoms with Crippen molar-refractivity contribution >= 4 is 17.3 Å². The Balaban J connectivity index is 2.22. The van der Waals surface area contributed by atoms with Crippen molar-refractivity contribution in [3.8, 4) is 0 Å². The number of rotatable bonds is 5. The maximum atomic E-state index is 11.1. The molecule has 0 aliphatic rings. The normalized spacial score (nSPS) is 10.1. The lowest BCUT2D eigenvalue weighted by Crippen LogP contribution is -2.06. The monoisotopic (exact) mass is 286 g/mol. The number of nitro groups is 1. The molecule has 0 saturated carbocycles. The number of carboxylic acid groups (broad SMARTS) is 1. The number of carboxylic acids is 1. The number of anilines is 1. The predicted molar refractivity (Wildman–Crippen MR) is 78.6 cm³/mol. The molecule has 0 atom stereocenters. The lowest BCUT2D eigenvalue weighted by molar-refractivity contribution is -0.385. The molecular weight excluding hydrogens is 272 g/mol. The number of carbonyl (C=O) groups is 1. The number of aryl methyl sites for hydroxylation is 1. The Morgan fingerprint density at radius 2 is 2.00 bits per heavy atom. The number of nitro benzene ring substituents is 1. The molecule has 0 fully saturated rings. The van der Waals surface area contributed by atoms with E-state index in [4.69, 9.17) is 5.11 Å². The fraction of sp³-hybridized carbons (Fsp3) is 0.133. The Morgan fingerprint density at radius 3 is 2.62 bits per heavy atom. The van der Waals surface area contributed by atoms with Gasteiger partial charge in [0.1, 0.15) is 5.56 Å². The minimum absolute atomic E-state index is 0.324. The summed E-state index contributed by atoms with van der Waals surface area (Å²) in [6, 6.07) is 11.8. The van der Waals surface area contributed by atoms with E-state index in [-0.39, 0.29) is 5.56 Å². The summed E-state index contributed by atoms with van der Waals surface area (Å²) in [6.45, 7) is 2.50. The fourth-order valence-corrected chi connectivity index (χ4v) is 1.98. The van der Waals surface area contributed by atoms with Crippen LogP contribution in [0, 0.1) is 17.0 Å². The standard InChI is InChI=1S/C15H14N2O4/c1-10-4-2-3-5-11(10)9-16-12-6-7-14(17(20)21)13(8-12)15(18)19/h2-8,16H,9H2,1H3,(H,18,19). The number of hydrogen-bond acceptors (Lipinski definition) is 4. The van der Waals surface area contributed by atoms with Crippen LogP contribution in [0.2, 0.25) is 0 Å². The molecule has 0 saturated heterocycles. The Kier molecular flexibility index (Phi) is 4.18. The van der Waals surface area contributed by atoms with E-state index < -0.39 is 16.6 Å². The lowest BCUT2D eigenvalue weighted by Gasteiger charge is -2.09. The summed E-state index contributed by atoms with van der Waals surface area (Å²) in [7, 11) is 0. The Labute approximate surface area is 121 Å². The summed E-state index contributed by atoms with van der Waals surface area (Å²) < 4.78 is 0. The highest BCUT2D eigenvalue weighted by Crippen LogP contribution is 2.23. The van der Waals surface area contributed by atoms with E-state index in [0.717, 1.165) is 11.1 Å². The average molecular weight is 286 g/mol. The molecule has 21 heavy (non-hydrogen) atoms. The summed E-state index contributed by atoms with van der Waals surface area (Å²) in [5.41, 5.74) is 1.98. The number of nitrogens with zero attached hydrogens (tertiary/aromatic N) is 1. The molecule has 108 valence electrons. The summed E-state index contributed by atoms with van der Waals surface area (Å²) in [4.78, 5) is 21.2. The number of hydrogen-bond donors (Lipinski definition) is 2. The summed E-state index contributed by atoms with van der Waals surface area (Å²) >= 11 is 0. The van der Waals surface area contributed by atoms with Crippen molar-refractivity contribution in [3.05, 3.63) is 69.3 Å². The first-order valence-electron chi connectivity index (χ1n) is 6.29. The Hall–Kier alpha value is -2.89. The van der Waals surface area contributed by atoms with Gasteiger partial charge in [0.05, 0.1) is 4.92 Å². The van der Waals surface area contributed by atoms with Gasteiger partial charge in [0.2, 0.25) is 0 Å². The van der Waals surface area contributed by atoms with Gasteiger partial charge in [0.25, 0.3) is 5.69 Å². The minimum Gasteiger partial charge on any atom is -0.477 e. The second-order valence-corrected chi connectivity index (χ2v) is 4.57. The van der Waals surface area contributed by atoms with E-state index >= 15 is 0 Å². The molecule has 6 heteroatoms. The van der Waals surface area contributed by atoms with Gasteiger partial charge in [-0.05, 0) is 30.2 Å². The van der Waals surface area contributed by atoms with Crippen LogP contribution in [0.4, 0.5) is 11.4 Å². The zero-order chi connectivity index (χ0) is 15.4. The molecule has 2 N–H and O–H groups in total. The first-order valence-corrected chi connectivity index (χ1v) is 6.29. The molecule has 0 heterocycles. The van der Waals surface area contributed by atoms with Gasteiger partial charge in [-0.15, -0.1) is 0 Å². The van der Waals surface area contributed by atoms with Crippen LogP contribution < -0.4 is 5.32 Å². The van der Waals surface area contributed by atoms with E-state index in [1.54, 1.807) is 0 Å². The maximum Gasteiger partial charge on any atom is 0.342 e. The third-order valence-corrected chi connectivity index (χ3v) is 3.17. The molecule has 2 aromatic carbocycles. The molecule has 0 amide bonds. The second-order valence-electron chi connectivity index (χ2n) is 4.57. The molecule has 2 aromatic rings. The minimum atomic E-state index is -1.32. The smallest absolute Gasteiger partial charge is 0.342 e. The van der Waals surface area contributed by atoms with Crippen molar-refractivity contribution in [1.29, 1.82) is 0 Å². The van der Waals surface area contributed by atoms with Gasteiger partial charge >= 0.3 is 5.97 Å². The summed E-state index contributed by atoms with van der Waals surface area (Å²) in [6.07, 6.45) is 0. The van der Waals surface area contributed by atoms with Gasteiger partial charge in [0.15, 0.2) is 0 Å². The molecule has 0 spiro atoms.